The van der Waals surface area contributed by atoms with Crippen molar-refractivity contribution in [1.29, 1.82) is 0 Å². The zero-order valence-electron chi connectivity index (χ0n) is 18.2. The minimum atomic E-state index is -1.25. The molecular weight excluding hydrogens is 396 g/mol. The molecule has 10 nitrogen and oxygen atoms in total. The molecule has 1 aliphatic heterocycles. The van der Waals surface area contributed by atoms with Gasteiger partial charge in [-0.3, -0.25) is 14.9 Å². The van der Waals surface area contributed by atoms with Crippen molar-refractivity contribution in [3.05, 3.63) is 0 Å². The fraction of sp³-hybridized carbons (Fsp3) is 0.850. The molecule has 0 aliphatic carbocycles. The van der Waals surface area contributed by atoms with Crippen LogP contribution >= 0.6 is 0 Å². The number of Topliss-reactive ketones (excluding diaryl/α,β-unsaturated/α-hetero) is 2. The number of aliphatic hydroxyl groups is 3. The summed E-state index contributed by atoms with van der Waals surface area (Å²) in [4.78, 5) is 35.6. The van der Waals surface area contributed by atoms with Crippen LogP contribution in [0.25, 0.3) is 0 Å². The highest BCUT2D eigenvalue weighted by molar-refractivity contribution is 5.88. The van der Waals surface area contributed by atoms with Crippen molar-refractivity contribution in [2.24, 2.45) is 5.92 Å². The van der Waals surface area contributed by atoms with E-state index in [0.29, 0.717) is 12.8 Å². The summed E-state index contributed by atoms with van der Waals surface area (Å²) in [7, 11) is 0. The Morgan fingerprint density at radius 3 is 2.37 bits per heavy atom. The average Bonchev–Trinajstić information content (AvgIpc) is 2.69. The van der Waals surface area contributed by atoms with E-state index < -0.39 is 49.3 Å². The lowest BCUT2D eigenvalue weighted by Gasteiger charge is -2.42. The second kappa shape index (κ2) is 13.1. The van der Waals surface area contributed by atoms with E-state index in [1.807, 2.05) is 6.92 Å². The molecular formula is C20H36N2O8. The van der Waals surface area contributed by atoms with E-state index in [2.05, 4.69) is 10.6 Å². The Morgan fingerprint density at radius 1 is 1.13 bits per heavy atom. The van der Waals surface area contributed by atoms with Crippen LogP contribution in [0.3, 0.4) is 0 Å². The molecule has 0 saturated carbocycles. The quantitative estimate of drug-likeness (QED) is 0.236. The molecule has 1 heterocycles. The Kier molecular flexibility index (Phi) is 11.6. The molecule has 1 saturated heterocycles. The first kappa shape index (κ1) is 26.6. The van der Waals surface area contributed by atoms with E-state index in [-0.39, 0.29) is 37.0 Å². The van der Waals surface area contributed by atoms with Crippen molar-refractivity contribution in [1.82, 2.24) is 10.6 Å². The number of ketones is 2. The second-order valence-corrected chi connectivity index (χ2v) is 7.78. The van der Waals surface area contributed by atoms with E-state index in [1.165, 1.54) is 6.92 Å². The van der Waals surface area contributed by atoms with Gasteiger partial charge in [0.1, 0.15) is 18.0 Å². The summed E-state index contributed by atoms with van der Waals surface area (Å²) in [6, 6.07) is -0.835. The van der Waals surface area contributed by atoms with Gasteiger partial charge in [0.05, 0.1) is 31.5 Å². The van der Waals surface area contributed by atoms with Crippen molar-refractivity contribution in [2.75, 3.05) is 13.3 Å². The highest BCUT2D eigenvalue weighted by Gasteiger charge is 2.43. The van der Waals surface area contributed by atoms with Crippen LogP contribution in [0.5, 0.6) is 0 Å². The summed E-state index contributed by atoms with van der Waals surface area (Å²) in [6.45, 7) is 6.10. The van der Waals surface area contributed by atoms with E-state index in [0.717, 1.165) is 0 Å². The lowest BCUT2D eigenvalue weighted by atomic mass is 9.92. The molecule has 0 aromatic heterocycles. The smallest absolute Gasteiger partial charge is 0.220 e. The van der Waals surface area contributed by atoms with Gasteiger partial charge in [-0.25, -0.2) is 0 Å². The van der Waals surface area contributed by atoms with Crippen LogP contribution < -0.4 is 10.6 Å². The molecule has 0 radical (unpaired) electrons. The Bertz CT molecular complexity index is 571. The molecule has 7 atom stereocenters. The molecule has 1 aliphatic rings. The first-order valence-electron chi connectivity index (χ1n) is 10.4. The third kappa shape index (κ3) is 8.01. The number of amides is 1. The SMILES string of the molecule is CCCC(=O)NCN[C@H](C(=O)CCC(C)=O)[C@@H](C)O[C@H]1OC(CO)[C@H](O)[C@H](O)C1C. The maximum absolute atomic E-state index is 12.7. The summed E-state index contributed by atoms with van der Waals surface area (Å²) < 4.78 is 11.4. The van der Waals surface area contributed by atoms with E-state index in [4.69, 9.17) is 9.47 Å². The van der Waals surface area contributed by atoms with Crippen LogP contribution in [-0.2, 0) is 23.9 Å². The van der Waals surface area contributed by atoms with Crippen molar-refractivity contribution in [3.63, 3.8) is 0 Å². The standard InChI is InChI=1S/C20H36N2O8/c1-5-6-16(26)21-10-22-17(14(25)8-7-11(2)24)13(4)29-20-12(3)18(27)19(28)15(9-23)30-20/h12-13,15,17-20,22-23,27-28H,5-10H2,1-4H3,(H,21,26)/t12?,13-,15?,17+,18-,19+,20+/m1/s1. The topological polar surface area (TPSA) is 154 Å². The lowest BCUT2D eigenvalue weighted by Crippen LogP contribution is -2.57. The number of carbonyl (C=O) groups is 3. The number of carbonyl (C=O) groups excluding carboxylic acids is 3. The maximum atomic E-state index is 12.7. The molecule has 2 unspecified atom stereocenters. The first-order chi connectivity index (χ1) is 14.1. The Balaban J connectivity index is 2.81. The molecule has 0 bridgehead atoms. The highest BCUT2D eigenvalue weighted by atomic mass is 16.7. The summed E-state index contributed by atoms with van der Waals surface area (Å²) in [5.74, 6) is -1.13. The summed E-state index contributed by atoms with van der Waals surface area (Å²) in [5.41, 5.74) is 0. The molecule has 174 valence electrons. The van der Waals surface area contributed by atoms with Gasteiger partial charge in [-0.15, -0.1) is 0 Å². The zero-order valence-corrected chi connectivity index (χ0v) is 18.2. The minimum Gasteiger partial charge on any atom is -0.394 e. The fourth-order valence-electron chi connectivity index (χ4n) is 3.24. The number of hydrogen-bond acceptors (Lipinski definition) is 9. The van der Waals surface area contributed by atoms with Gasteiger partial charge >= 0.3 is 0 Å². The Labute approximate surface area is 177 Å². The van der Waals surface area contributed by atoms with Crippen molar-refractivity contribution >= 4 is 17.5 Å². The highest BCUT2D eigenvalue weighted by Crippen LogP contribution is 2.28. The molecule has 0 spiro atoms. The van der Waals surface area contributed by atoms with Gasteiger partial charge in [-0.1, -0.05) is 13.8 Å². The van der Waals surface area contributed by atoms with Gasteiger partial charge in [0.15, 0.2) is 12.1 Å². The van der Waals surface area contributed by atoms with Crippen LogP contribution in [0.4, 0.5) is 0 Å². The average molecular weight is 433 g/mol. The number of ether oxygens (including phenoxy) is 2. The van der Waals surface area contributed by atoms with Crippen LogP contribution in [0.15, 0.2) is 0 Å². The normalized spacial score (nSPS) is 28.6. The number of nitrogens with one attached hydrogen (secondary N) is 2. The molecule has 0 aromatic rings. The van der Waals surface area contributed by atoms with Crippen molar-refractivity contribution < 1.29 is 39.2 Å². The Morgan fingerprint density at radius 2 is 1.80 bits per heavy atom. The number of hydrogen-bond donors (Lipinski definition) is 5. The summed E-state index contributed by atoms with van der Waals surface area (Å²) in [5, 5.41) is 35.1. The number of aliphatic hydroxyl groups excluding tert-OH is 3. The third-order valence-corrected chi connectivity index (χ3v) is 5.16. The van der Waals surface area contributed by atoms with E-state index in [1.54, 1.807) is 13.8 Å². The van der Waals surface area contributed by atoms with E-state index >= 15 is 0 Å². The molecule has 10 heteroatoms. The van der Waals surface area contributed by atoms with Gasteiger partial charge in [0.2, 0.25) is 5.91 Å². The van der Waals surface area contributed by atoms with Gasteiger partial charge in [0.25, 0.3) is 0 Å². The summed E-state index contributed by atoms with van der Waals surface area (Å²) in [6.07, 6.45) is -3.94. The zero-order chi connectivity index (χ0) is 22.8. The van der Waals surface area contributed by atoms with Gasteiger partial charge in [0, 0.05) is 25.2 Å². The summed E-state index contributed by atoms with van der Waals surface area (Å²) >= 11 is 0. The van der Waals surface area contributed by atoms with Gasteiger partial charge in [-0.2, -0.15) is 0 Å². The molecule has 1 amide bonds. The van der Waals surface area contributed by atoms with Crippen LogP contribution in [0, 0.1) is 5.92 Å². The molecule has 1 rings (SSSR count). The van der Waals surface area contributed by atoms with Crippen LogP contribution in [0.1, 0.15) is 53.4 Å². The predicted octanol–water partition coefficient (Wildman–Crippen LogP) is -0.763. The fourth-order valence-corrected chi connectivity index (χ4v) is 3.24. The Hall–Kier alpha value is -1.43. The first-order valence-corrected chi connectivity index (χ1v) is 10.4. The minimum absolute atomic E-state index is 0.0191. The monoisotopic (exact) mass is 432 g/mol. The molecule has 30 heavy (non-hydrogen) atoms. The predicted molar refractivity (Wildman–Crippen MR) is 107 cm³/mol. The second-order valence-electron chi connectivity index (χ2n) is 7.78. The van der Waals surface area contributed by atoms with Gasteiger partial charge < -0.3 is 34.9 Å². The molecule has 0 aromatic carbocycles. The molecule has 5 N–H and O–H groups in total. The largest absolute Gasteiger partial charge is 0.394 e. The third-order valence-electron chi connectivity index (χ3n) is 5.16. The van der Waals surface area contributed by atoms with Crippen LogP contribution in [-0.4, -0.2) is 82.8 Å². The maximum Gasteiger partial charge on any atom is 0.220 e. The molecule has 1 fully saturated rings. The lowest BCUT2D eigenvalue weighted by molar-refractivity contribution is -0.293. The van der Waals surface area contributed by atoms with Crippen molar-refractivity contribution in [2.45, 2.75) is 90.1 Å². The van der Waals surface area contributed by atoms with E-state index in [9.17, 15) is 29.7 Å². The van der Waals surface area contributed by atoms with Crippen molar-refractivity contribution in [3.8, 4) is 0 Å². The number of rotatable bonds is 13. The van der Waals surface area contributed by atoms with Crippen LogP contribution in [0.2, 0.25) is 0 Å². The van der Waals surface area contributed by atoms with Gasteiger partial charge in [-0.05, 0) is 20.3 Å².